The molecule has 1 heterocycles. The second-order valence-corrected chi connectivity index (χ2v) is 5.16. The van der Waals surface area contributed by atoms with Crippen LogP contribution in [0, 0.1) is 0 Å². The minimum atomic E-state index is -1.40. The molecule has 1 aromatic rings. The molecule has 0 bridgehead atoms. The number of anilines is 1. The number of nitrogens with one attached hydrogen (secondary N) is 3. The summed E-state index contributed by atoms with van der Waals surface area (Å²) in [6, 6.07) is 0.152. The molecule has 112 valence electrons. The lowest BCUT2D eigenvalue weighted by atomic mass is 10.2. The van der Waals surface area contributed by atoms with Crippen LogP contribution in [0.25, 0.3) is 0 Å². The predicted molar refractivity (Wildman–Crippen MR) is 69.1 cm³/mol. The third-order valence-corrected chi connectivity index (χ3v) is 3.17. The summed E-state index contributed by atoms with van der Waals surface area (Å²) in [6.07, 6.45) is 2.09. The van der Waals surface area contributed by atoms with Gasteiger partial charge in [0.2, 0.25) is 5.76 Å². The number of carboxylic acid groups (broad SMARTS) is 1. The van der Waals surface area contributed by atoms with Crippen molar-refractivity contribution < 1.29 is 24.0 Å². The zero-order valence-corrected chi connectivity index (χ0v) is 11.0. The molecule has 0 aromatic carbocycles. The predicted octanol–water partition coefficient (Wildman–Crippen LogP) is 0.549. The molecule has 2 saturated carbocycles. The van der Waals surface area contributed by atoms with Gasteiger partial charge in [-0.3, -0.25) is 14.9 Å². The van der Waals surface area contributed by atoms with Gasteiger partial charge in [-0.15, -0.1) is 0 Å². The van der Waals surface area contributed by atoms with Crippen LogP contribution in [0.4, 0.5) is 10.5 Å². The lowest BCUT2D eigenvalue weighted by molar-refractivity contribution is 0.0906. The molecule has 2 fully saturated rings. The van der Waals surface area contributed by atoms with Crippen molar-refractivity contribution in [2.75, 3.05) is 5.32 Å². The van der Waals surface area contributed by atoms with Crippen LogP contribution in [-0.2, 0) is 0 Å². The lowest BCUT2D eigenvalue weighted by Gasteiger charge is -2.04. The topological polar surface area (TPSA) is 134 Å². The maximum absolute atomic E-state index is 12.0. The van der Waals surface area contributed by atoms with Crippen LogP contribution in [0.1, 0.15) is 46.7 Å². The highest BCUT2D eigenvalue weighted by molar-refractivity contribution is 6.08. The monoisotopic (exact) mass is 294 g/mol. The maximum Gasteiger partial charge on any atom is 0.409 e. The molecular weight excluding hydrogens is 280 g/mol. The van der Waals surface area contributed by atoms with Crippen LogP contribution in [-0.4, -0.2) is 40.3 Å². The van der Waals surface area contributed by atoms with Crippen LogP contribution in [0.15, 0.2) is 4.52 Å². The first-order valence-corrected chi connectivity index (χ1v) is 6.66. The minimum absolute atomic E-state index is 0.0732. The van der Waals surface area contributed by atoms with E-state index in [0.29, 0.717) is 0 Å². The minimum Gasteiger partial charge on any atom is -0.465 e. The molecule has 0 spiro atoms. The summed E-state index contributed by atoms with van der Waals surface area (Å²) in [4.78, 5) is 34.8. The van der Waals surface area contributed by atoms with Gasteiger partial charge in [0.25, 0.3) is 11.8 Å². The van der Waals surface area contributed by atoms with Crippen LogP contribution < -0.4 is 16.0 Å². The number of aromatic nitrogens is 1. The Labute approximate surface area is 119 Å². The first-order chi connectivity index (χ1) is 10.0. The molecule has 0 unspecified atom stereocenters. The van der Waals surface area contributed by atoms with E-state index in [0.717, 1.165) is 25.7 Å². The van der Waals surface area contributed by atoms with Crippen LogP contribution in [0.3, 0.4) is 0 Å². The summed E-state index contributed by atoms with van der Waals surface area (Å²) in [7, 11) is 0. The Balaban J connectivity index is 1.83. The zero-order valence-electron chi connectivity index (χ0n) is 11.0. The first kappa shape index (κ1) is 13.4. The Hall–Kier alpha value is -2.58. The highest BCUT2D eigenvalue weighted by Crippen LogP contribution is 2.25. The third kappa shape index (κ3) is 3.12. The smallest absolute Gasteiger partial charge is 0.409 e. The average molecular weight is 294 g/mol. The highest BCUT2D eigenvalue weighted by atomic mass is 16.5. The van der Waals surface area contributed by atoms with Crippen molar-refractivity contribution in [1.29, 1.82) is 0 Å². The Morgan fingerprint density at radius 2 is 1.62 bits per heavy atom. The Kier molecular flexibility index (Phi) is 3.24. The first-order valence-electron chi connectivity index (χ1n) is 6.66. The molecule has 0 saturated heterocycles. The van der Waals surface area contributed by atoms with E-state index < -0.39 is 17.9 Å². The molecule has 21 heavy (non-hydrogen) atoms. The molecule has 0 aliphatic heterocycles. The van der Waals surface area contributed by atoms with Crippen LogP contribution in [0.5, 0.6) is 0 Å². The second-order valence-electron chi connectivity index (χ2n) is 5.16. The van der Waals surface area contributed by atoms with E-state index in [-0.39, 0.29) is 29.2 Å². The van der Waals surface area contributed by atoms with Crippen LogP contribution >= 0.6 is 0 Å². The number of nitrogens with zero attached hydrogens (tertiary/aromatic N) is 1. The van der Waals surface area contributed by atoms with E-state index in [4.69, 9.17) is 9.63 Å². The fraction of sp³-hybridized carbons (Fsp3) is 0.500. The second kappa shape index (κ2) is 5.08. The Bertz CT molecular complexity index is 559. The number of amides is 3. The van der Waals surface area contributed by atoms with Gasteiger partial charge in [0.05, 0.1) is 0 Å². The van der Waals surface area contributed by atoms with E-state index in [1.54, 1.807) is 0 Å². The standard InChI is InChI=1S/C12H14N4O5/c17-10(13-5-1-2-5)8-7(15-12(19)20)9(21-16-8)11(18)14-6-3-4-6/h5-6,15H,1-4H2,(H,13,17)(H,14,18)(H,19,20). The van der Waals surface area contributed by atoms with Gasteiger partial charge in [-0.1, -0.05) is 5.16 Å². The lowest BCUT2D eigenvalue weighted by Crippen LogP contribution is -2.28. The van der Waals surface area contributed by atoms with Gasteiger partial charge < -0.3 is 20.3 Å². The molecule has 0 atom stereocenters. The molecule has 2 aliphatic carbocycles. The van der Waals surface area contributed by atoms with E-state index in [1.165, 1.54) is 0 Å². The number of carbonyl (C=O) groups excluding carboxylic acids is 2. The molecule has 9 heteroatoms. The fourth-order valence-corrected chi connectivity index (χ4v) is 1.78. The van der Waals surface area contributed by atoms with Gasteiger partial charge in [0.1, 0.15) is 5.69 Å². The molecule has 1 aromatic heterocycles. The van der Waals surface area contributed by atoms with E-state index in [9.17, 15) is 14.4 Å². The summed E-state index contributed by atoms with van der Waals surface area (Å²) in [5.74, 6) is -1.44. The number of carbonyl (C=O) groups is 3. The van der Waals surface area contributed by atoms with Crippen molar-refractivity contribution in [3.8, 4) is 0 Å². The SMILES string of the molecule is O=C(O)Nc1c(C(=O)NC2CC2)noc1C(=O)NC1CC1. The van der Waals surface area contributed by atoms with Gasteiger partial charge in [0, 0.05) is 12.1 Å². The molecule has 4 N–H and O–H groups in total. The maximum atomic E-state index is 12.0. The summed E-state index contributed by atoms with van der Waals surface area (Å²) < 4.78 is 4.86. The normalized spacial score (nSPS) is 17.1. The largest absolute Gasteiger partial charge is 0.465 e. The van der Waals surface area contributed by atoms with E-state index in [2.05, 4.69) is 15.8 Å². The molecule has 2 aliphatic rings. The summed E-state index contributed by atoms with van der Waals surface area (Å²) in [5, 5.41) is 19.7. The third-order valence-electron chi connectivity index (χ3n) is 3.17. The quantitative estimate of drug-likeness (QED) is 0.626. The molecule has 3 amide bonds. The van der Waals surface area contributed by atoms with Gasteiger partial charge in [-0.2, -0.15) is 0 Å². The number of rotatable bonds is 5. The van der Waals surface area contributed by atoms with Gasteiger partial charge in [0.15, 0.2) is 5.69 Å². The fourth-order valence-electron chi connectivity index (χ4n) is 1.78. The van der Waals surface area contributed by atoms with Gasteiger partial charge >= 0.3 is 6.09 Å². The van der Waals surface area contributed by atoms with E-state index >= 15 is 0 Å². The number of hydrogen-bond donors (Lipinski definition) is 4. The molecule has 0 radical (unpaired) electrons. The Morgan fingerprint density at radius 1 is 1.05 bits per heavy atom. The zero-order chi connectivity index (χ0) is 15.0. The number of hydrogen-bond acceptors (Lipinski definition) is 5. The van der Waals surface area contributed by atoms with Gasteiger partial charge in [-0.05, 0) is 25.7 Å². The van der Waals surface area contributed by atoms with Crippen molar-refractivity contribution in [3.05, 3.63) is 11.5 Å². The van der Waals surface area contributed by atoms with Gasteiger partial charge in [-0.25, -0.2) is 4.79 Å². The summed E-state index contributed by atoms with van der Waals surface area (Å²) >= 11 is 0. The van der Waals surface area contributed by atoms with Crippen molar-refractivity contribution in [1.82, 2.24) is 15.8 Å². The van der Waals surface area contributed by atoms with Crippen molar-refractivity contribution >= 4 is 23.6 Å². The molecular formula is C12H14N4O5. The summed E-state index contributed by atoms with van der Waals surface area (Å²) in [6.45, 7) is 0. The molecule has 9 nitrogen and oxygen atoms in total. The average Bonchev–Trinajstić information content (AvgIpc) is 3.31. The van der Waals surface area contributed by atoms with E-state index in [1.807, 2.05) is 5.32 Å². The van der Waals surface area contributed by atoms with Crippen molar-refractivity contribution in [2.45, 2.75) is 37.8 Å². The Morgan fingerprint density at radius 3 is 2.14 bits per heavy atom. The van der Waals surface area contributed by atoms with Crippen LogP contribution in [0.2, 0.25) is 0 Å². The summed E-state index contributed by atoms with van der Waals surface area (Å²) in [5.41, 5.74) is -0.455. The highest BCUT2D eigenvalue weighted by Gasteiger charge is 2.33. The molecule has 3 rings (SSSR count). The van der Waals surface area contributed by atoms with Crippen molar-refractivity contribution in [2.24, 2.45) is 0 Å². The van der Waals surface area contributed by atoms with Crippen molar-refractivity contribution in [3.63, 3.8) is 0 Å².